The molecule has 1 atom stereocenters. The number of aromatic nitrogens is 2. The molecule has 2 aliphatic heterocycles. The summed E-state index contributed by atoms with van der Waals surface area (Å²) in [5, 5.41) is 2.46. The molecule has 0 aliphatic carbocycles. The Hall–Kier alpha value is -2.51. The van der Waals surface area contributed by atoms with Gasteiger partial charge in [-0.15, -0.1) is 4.57 Å². The number of nitrogens with zero attached hydrogens (tertiary/aromatic N) is 2. The van der Waals surface area contributed by atoms with Gasteiger partial charge >= 0.3 is 95.3 Å². The van der Waals surface area contributed by atoms with Gasteiger partial charge in [0.25, 0.3) is 5.52 Å². The molecule has 3 aromatic carbocycles. The van der Waals surface area contributed by atoms with Crippen molar-refractivity contribution in [3.63, 3.8) is 0 Å². The molecule has 5 aromatic rings. The predicted octanol–water partition coefficient (Wildman–Crippen LogP) is 6.90. The van der Waals surface area contributed by atoms with Gasteiger partial charge in [0.2, 0.25) is 5.75 Å². The van der Waals surface area contributed by atoms with Gasteiger partial charge in [0.05, 0.1) is 5.39 Å². The van der Waals surface area contributed by atoms with Crippen LogP contribution in [-0.2, 0) is 6.42 Å². The first-order valence-corrected chi connectivity index (χ1v) is 16.4. The van der Waals surface area contributed by atoms with Crippen molar-refractivity contribution in [3.05, 3.63) is 99.4 Å². The summed E-state index contributed by atoms with van der Waals surface area (Å²) in [6.45, 7) is 6.44. The van der Waals surface area contributed by atoms with Crippen LogP contribution >= 0.6 is 22.6 Å². The van der Waals surface area contributed by atoms with Gasteiger partial charge in [0.1, 0.15) is 5.75 Å². The summed E-state index contributed by atoms with van der Waals surface area (Å²) in [5.74, 6) is 2.81. The second kappa shape index (κ2) is 10.9. The standard InChI is InChI=1S/C21H21INO2.C10H8AtNO/c1-3-4-6-15-11-17(22)13-18(12-15)24-21-23-14(2)9-10-16-7-5-8-19(25-21)20(16)23;1-7-5-6-8-3-2-4-9-10(8)12(7)11-13-9/h5,7-13,21H,3-4,6H2,1-2H3;2-6H,1H3/q2*+1/t21-;/m0./s1. The molecule has 0 unspecified atom stereocenters. The van der Waals surface area contributed by atoms with Crippen LogP contribution in [0.4, 0.5) is 0 Å². The number of hydrogen-bond acceptors (Lipinski definition) is 3. The van der Waals surface area contributed by atoms with Gasteiger partial charge in [-0.25, -0.2) is 0 Å². The van der Waals surface area contributed by atoms with Gasteiger partial charge in [0, 0.05) is 16.6 Å². The Bertz CT molecular complexity index is 1670. The zero-order chi connectivity index (χ0) is 26.2. The van der Waals surface area contributed by atoms with Crippen molar-refractivity contribution >= 4 is 44.4 Å². The molecule has 2 aromatic heterocycles. The first-order chi connectivity index (χ1) is 18.5. The number of ether oxygens (including phenoxy) is 2. The van der Waals surface area contributed by atoms with Crippen LogP contribution in [0.3, 0.4) is 0 Å². The quantitative estimate of drug-likeness (QED) is 0.143. The zero-order valence-corrected chi connectivity index (χ0v) is 26.7. The van der Waals surface area contributed by atoms with Crippen molar-refractivity contribution in [2.24, 2.45) is 0 Å². The van der Waals surface area contributed by atoms with E-state index in [2.05, 4.69) is 117 Å². The molecule has 0 saturated heterocycles. The molecule has 0 spiro atoms. The van der Waals surface area contributed by atoms with Crippen LogP contribution in [0.15, 0.2) is 78.9 Å². The number of unbranched alkanes of at least 4 members (excludes halogenated alkanes) is 1. The van der Waals surface area contributed by atoms with Gasteiger partial charge in [-0.2, -0.15) is 0 Å². The molecule has 38 heavy (non-hydrogen) atoms. The van der Waals surface area contributed by atoms with E-state index in [1.807, 2.05) is 12.1 Å². The molecule has 0 bridgehead atoms. The van der Waals surface area contributed by atoms with Crippen molar-refractivity contribution < 1.29 is 43.3 Å². The van der Waals surface area contributed by atoms with Gasteiger partial charge in [-0.05, 0) is 77.4 Å². The summed E-state index contributed by atoms with van der Waals surface area (Å²) in [7, 11) is 0. The van der Waals surface area contributed by atoms with Gasteiger partial charge in [0.15, 0.2) is 5.69 Å². The third-order valence-corrected chi connectivity index (χ3v) is 10.6. The maximum atomic E-state index is 6.27. The molecule has 7 heteroatoms. The van der Waals surface area contributed by atoms with Crippen LogP contribution in [0.5, 0.6) is 17.2 Å². The minimum atomic E-state index is -0.691. The van der Waals surface area contributed by atoms with Crippen molar-refractivity contribution in [2.45, 2.75) is 46.4 Å². The third kappa shape index (κ3) is 4.95. The molecule has 5 nitrogen and oxygen atoms in total. The van der Waals surface area contributed by atoms with Crippen LogP contribution in [0.1, 0.15) is 43.1 Å². The van der Waals surface area contributed by atoms with Crippen LogP contribution in [0, 0.1) is 41.4 Å². The van der Waals surface area contributed by atoms with E-state index in [0.717, 1.165) is 34.9 Å². The van der Waals surface area contributed by atoms with E-state index in [1.54, 1.807) is 0 Å². The predicted molar refractivity (Wildman–Crippen MR) is 152 cm³/mol. The normalized spacial score (nSPS) is 14.7. The van der Waals surface area contributed by atoms with Crippen molar-refractivity contribution in [2.75, 3.05) is 0 Å². The topological polar surface area (TPSA) is 35.5 Å². The number of pyridine rings is 2. The average Bonchev–Trinajstić information content (AvgIpc) is 3.51. The zero-order valence-electron chi connectivity index (χ0n) is 21.6. The average molecular weight is 814 g/mol. The first-order valence-electron chi connectivity index (χ1n) is 12.9. The summed E-state index contributed by atoms with van der Waals surface area (Å²) in [6, 6.07) is 27.4. The molecule has 0 N–H and O–H groups in total. The molecule has 0 saturated carbocycles. The summed E-state index contributed by atoms with van der Waals surface area (Å²) in [5.41, 5.74) is 6.15. The fourth-order valence-electron chi connectivity index (χ4n) is 4.89. The van der Waals surface area contributed by atoms with E-state index in [9.17, 15) is 0 Å². The number of benzene rings is 3. The number of aryl methyl sites for hydroxylation is 3. The Morgan fingerprint density at radius 3 is 2.39 bits per heavy atom. The van der Waals surface area contributed by atoms with Crippen LogP contribution in [-0.4, -0.2) is 0 Å². The van der Waals surface area contributed by atoms with E-state index in [-0.39, 0.29) is 0 Å². The first kappa shape index (κ1) is 25.8. The van der Waals surface area contributed by atoms with Gasteiger partial charge < -0.3 is 9.47 Å². The van der Waals surface area contributed by atoms with Crippen LogP contribution < -0.4 is 19.4 Å². The molecule has 193 valence electrons. The van der Waals surface area contributed by atoms with Gasteiger partial charge in [-0.1, -0.05) is 19.4 Å². The molecule has 2 aliphatic rings. The molecule has 0 amide bonds. The van der Waals surface area contributed by atoms with E-state index in [4.69, 9.17) is 12.3 Å². The van der Waals surface area contributed by atoms with Crippen molar-refractivity contribution in [1.82, 2.24) is 0 Å². The maximum absolute atomic E-state index is 6.27. The van der Waals surface area contributed by atoms with E-state index >= 15 is 0 Å². The Labute approximate surface area is 249 Å². The van der Waals surface area contributed by atoms with Crippen LogP contribution in [0.2, 0.25) is 0 Å². The summed E-state index contributed by atoms with van der Waals surface area (Å²) in [6.07, 6.45) is 3.01. The molecule has 0 fully saturated rings. The second-order valence-electron chi connectivity index (χ2n) is 9.58. The van der Waals surface area contributed by atoms with E-state index in [0.29, 0.717) is 0 Å². The summed E-state index contributed by atoms with van der Waals surface area (Å²) >= 11 is 1.66. The van der Waals surface area contributed by atoms with Crippen molar-refractivity contribution in [3.8, 4) is 17.2 Å². The molecule has 1 radical (unpaired) electrons. The summed E-state index contributed by atoms with van der Waals surface area (Å²) in [4.78, 5) is 0. The number of halogens is 1. The Morgan fingerprint density at radius 2 is 1.61 bits per heavy atom. The summed E-state index contributed by atoms with van der Waals surface area (Å²) < 4.78 is 23.8. The van der Waals surface area contributed by atoms with Gasteiger partial charge in [-0.3, -0.25) is 0 Å². The Morgan fingerprint density at radius 1 is 0.868 bits per heavy atom. The second-order valence-corrected chi connectivity index (χ2v) is 13.3. The minimum absolute atomic E-state index is 0.460. The fourth-order valence-corrected chi connectivity index (χ4v) is 8.25. The van der Waals surface area contributed by atoms with E-state index in [1.165, 1.54) is 44.0 Å². The Kier molecular flexibility index (Phi) is 7.41. The van der Waals surface area contributed by atoms with Crippen molar-refractivity contribution in [1.29, 1.82) is 0 Å². The van der Waals surface area contributed by atoms with Crippen LogP contribution in [0.25, 0.3) is 21.8 Å². The fraction of sp³-hybridized carbons (Fsp3) is 0.226. The monoisotopic (exact) mass is 814 g/mol. The molecular weight excluding hydrogens is 785 g/mol. The number of hydrogen-bond donors (Lipinski definition) is 0. The SMILES string of the molecule is CCCCc1cc(I)cc(O[C@H]2Oc3cccc4ccc(C)[n+]2c34)c1.Cc1ccc2cccc3c2[n+]1[At]O3. The number of para-hydroxylation sites is 2. The number of rotatable bonds is 5. The Balaban J connectivity index is 0.000000169. The van der Waals surface area contributed by atoms with E-state index < -0.39 is 30.4 Å². The molecule has 4 heterocycles. The third-order valence-electron chi connectivity index (χ3n) is 6.81. The molecule has 7 rings (SSSR count). The molecular formula is C31H29AtIN2O3+2.